The van der Waals surface area contributed by atoms with Crippen LogP contribution in [0.4, 0.5) is 0 Å². The lowest BCUT2D eigenvalue weighted by Gasteiger charge is -2.29. The van der Waals surface area contributed by atoms with Gasteiger partial charge in [0, 0.05) is 5.41 Å². The second-order valence-corrected chi connectivity index (χ2v) is 7.65. The first-order chi connectivity index (χ1) is 12.4. The van der Waals surface area contributed by atoms with E-state index in [4.69, 9.17) is 0 Å². The van der Waals surface area contributed by atoms with Gasteiger partial charge in [-0.15, -0.1) is 0 Å². The summed E-state index contributed by atoms with van der Waals surface area (Å²) in [5, 5.41) is 0. The molecule has 3 aromatic carbocycles. The molecule has 0 unspecified atom stereocenters. The van der Waals surface area contributed by atoms with Crippen LogP contribution in [0.5, 0.6) is 0 Å². The number of hydrogen-bond donors (Lipinski definition) is 0. The lowest BCUT2D eigenvalue weighted by Crippen LogP contribution is -2.23. The van der Waals surface area contributed by atoms with Gasteiger partial charge < -0.3 is 0 Å². The molecule has 0 radical (unpaired) electrons. The molecule has 0 saturated carbocycles. The number of fused-ring (bicyclic) bond motifs is 8. The maximum absolute atomic E-state index is 2.54. The summed E-state index contributed by atoms with van der Waals surface area (Å²) in [4.78, 5) is 0. The van der Waals surface area contributed by atoms with Crippen molar-refractivity contribution in [1.29, 1.82) is 0 Å². The van der Waals surface area contributed by atoms with Gasteiger partial charge in [-0.05, 0) is 70.2 Å². The van der Waals surface area contributed by atoms with E-state index in [1.54, 1.807) is 11.1 Å². The Kier molecular flexibility index (Phi) is 2.58. The van der Waals surface area contributed by atoms with E-state index < -0.39 is 0 Å². The van der Waals surface area contributed by atoms with Gasteiger partial charge in [0.2, 0.25) is 0 Å². The number of rotatable bonds is 0. The summed E-state index contributed by atoms with van der Waals surface area (Å²) in [5.41, 5.74) is 12.1. The first-order valence-electron chi connectivity index (χ1n) is 9.40. The highest BCUT2D eigenvalue weighted by Crippen LogP contribution is 2.58. The van der Waals surface area contributed by atoms with E-state index in [1.165, 1.54) is 59.1 Å². The van der Waals surface area contributed by atoms with Crippen LogP contribution < -0.4 is 0 Å². The number of hydrogen-bond acceptors (Lipinski definition) is 0. The maximum atomic E-state index is 2.54. The average molecular weight is 320 g/mol. The Hall–Kier alpha value is -2.60. The topological polar surface area (TPSA) is 0 Å². The van der Waals surface area contributed by atoms with Gasteiger partial charge in [0.15, 0.2) is 0 Å². The lowest BCUT2D eigenvalue weighted by atomic mass is 9.72. The standard InChI is InChI=1S/C25H20/c1-2-8-18-16-24-19(15-17(18)7-1)13-14-25(24)22-11-5-3-9-20(22)21-10-4-6-12-23(21)25/h1,3-7,9-12,15-16H,2,8,13-14H2. The van der Waals surface area contributed by atoms with Crippen molar-refractivity contribution in [2.45, 2.75) is 31.1 Å². The van der Waals surface area contributed by atoms with E-state index >= 15 is 0 Å². The SMILES string of the molecule is C1=Cc2cc3c(cc2CC1)C1(CC3)c2ccccc2-c2ccccc21. The summed E-state index contributed by atoms with van der Waals surface area (Å²) in [5.74, 6) is 0. The molecule has 6 rings (SSSR count). The third-order valence-electron chi connectivity index (χ3n) is 6.54. The van der Waals surface area contributed by atoms with Crippen LogP contribution in [0.25, 0.3) is 17.2 Å². The van der Waals surface area contributed by atoms with Crippen molar-refractivity contribution >= 4 is 6.08 Å². The monoisotopic (exact) mass is 320 g/mol. The highest BCUT2D eigenvalue weighted by Gasteiger charge is 2.48. The summed E-state index contributed by atoms with van der Waals surface area (Å²) in [6.45, 7) is 0. The van der Waals surface area contributed by atoms with Crippen LogP contribution >= 0.6 is 0 Å². The summed E-state index contributed by atoms with van der Waals surface area (Å²) >= 11 is 0. The van der Waals surface area contributed by atoms with E-state index in [1.807, 2.05) is 0 Å². The molecule has 3 aliphatic carbocycles. The summed E-state index contributed by atoms with van der Waals surface area (Å²) in [6, 6.07) is 23.2. The second kappa shape index (κ2) is 4.73. The quantitative estimate of drug-likeness (QED) is 0.483. The third-order valence-corrected chi connectivity index (χ3v) is 6.54. The number of aryl methyl sites for hydroxylation is 2. The van der Waals surface area contributed by atoms with Gasteiger partial charge in [0.05, 0.1) is 0 Å². The van der Waals surface area contributed by atoms with Gasteiger partial charge in [-0.2, -0.15) is 0 Å². The lowest BCUT2D eigenvalue weighted by molar-refractivity contribution is 0.625. The Morgan fingerprint density at radius 2 is 1.40 bits per heavy atom. The van der Waals surface area contributed by atoms with Crippen LogP contribution in [0.15, 0.2) is 66.7 Å². The molecule has 0 nitrogen and oxygen atoms in total. The Morgan fingerprint density at radius 1 is 0.680 bits per heavy atom. The molecule has 0 aromatic heterocycles. The van der Waals surface area contributed by atoms with Crippen LogP contribution in [0.1, 0.15) is 46.2 Å². The molecule has 0 heteroatoms. The normalized spacial score (nSPS) is 17.9. The molecule has 1 spiro atoms. The van der Waals surface area contributed by atoms with Gasteiger partial charge >= 0.3 is 0 Å². The third kappa shape index (κ3) is 1.63. The second-order valence-electron chi connectivity index (χ2n) is 7.65. The van der Waals surface area contributed by atoms with Gasteiger partial charge in [0.25, 0.3) is 0 Å². The van der Waals surface area contributed by atoms with E-state index in [9.17, 15) is 0 Å². The molecular weight excluding hydrogens is 300 g/mol. The van der Waals surface area contributed by atoms with Crippen molar-refractivity contribution in [3.63, 3.8) is 0 Å². The predicted molar refractivity (Wildman–Crippen MR) is 104 cm³/mol. The highest BCUT2D eigenvalue weighted by atomic mass is 14.5. The predicted octanol–water partition coefficient (Wildman–Crippen LogP) is 5.91. The van der Waals surface area contributed by atoms with Gasteiger partial charge in [-0.3, -0.25) is 0 Å². The first-order valence-corrected chi connectivity index (χ1v) is 9.40. The Balaban J connectivity index is 1.70. The van der Waals surface area contributed by atoms with Crippen molar-refractivity contribution in [2.75, 3.05) is 0 Å². The fourth-order valence-electron chi connectivity index (χ4n) is 5.48. The molecule has 0 aliphatic heterocycles. The van der Waals surface area contributed by atoms with E-state index in [0.29, 0.717) is 0 Å². The van der Waals surface area contributed by atoms with Crippen molar-refractivity contribution in [3.8, 4) is 11.1 Å². The van der Waals surface area contributed by atoms with E-state index in [0.717, 1.165) is 0 Å². The van der Waals surface area contributed by atoms with Gasteiger partial charge in [-0.1, -0.05) is 72.8 Å². The van der Waals surface area contributed by atoms with Gasteiger partial charge in [-0.25, -0.2) is 0 Å². The molecule has 3 aromatic rings. The molecule has 0 saturated heterocycles. The zero-order valence-electron chi connectivity index (χ0n) is 14.3. The molecule has 0 amide bonds. The molecule has 120 valence electrons. The van der Waals surface area contributed by atoms with Crippen LogP contribution in [0, 0.1) is 0 Å². The average Bonchev–Trinajstić information content (AvgIpc) is 3.19. The van der Waals surface area contributed by atoms with Crippen molar-refractivity contribution < 1.29 is 0 Å². The summed E-state index contributed by atoms with van der Waals surface area (Å²) in [6.07, 6.45) is 9.37. The van der Waals surface area contributed by atoms with Crippen molar-refractivity contribution in [1.82, 2.24) is 0 Å². The summed E-state index contributed by atoms with van der Waals surface area (Å²) < 4.78 is 0. The van der Waals surface area contributed by atoms with Crippen LogP contribution in [0.2, 0.25) is 0 Å². The van der Waals surface area contributed by atoms with E-state index in [2.05, 4.69) is 72.8 Å². The first kappa shape index (κ1) is 13.7. The zero-order chi connectivity index (χ0) is 16.4. The molecule has 0 N–H and O–H groups in total. The van der Waals surface area contributed by atoms with Crippen LogP contribution in [0.3, 0.4) is 0 Å². The molecular formula is C25H20. The van der Waals surface area contributed by atoms with Crippen molar-refractivity contribution in [2.24, 2.45) is 0 Å². The van der Waals surface area contributed by atoms with Crippen molar-refractivity contribution in [3.05, 3.63) is 100 Å². The zero-order valence-corrected chi connectivity index (χ0v) is 14.3. The minimum Gasteiger partial charge on any atom is -0.0836 e. The number of benzene rings is 3. The highest BCUT2D eigenvalue weighted by molar-refractivity contribution is 5.84. The minimum absolute atomic E-state index is 0.0682. The Morgan fingerprint density at radius 3 is 2.16 bits per heavy atom. The number of allylic oxidation sites excluding steroid dienone is 1. The Labute approximate surface area is 148 Å². The van der Waals surface area contributed by atoms with E-state index in [-0.39, 0.29) is 5.41 Å². The largest absolute Gasteiger partial charge is 0.0836 e. The molecule has 0 fully saturated rings. The fraction of sp³-hybridized carbons (Fsp3) is 0.200. The smallest absolute Gasteiger partial charge is 0.0469 e. The molecule has 0 bridgehead atoms. The molecule has 25 heavy (non-hydrogen) atoms. The minimum atomic E-state index is 0.0682. The van der Waals surface area contributed by atoms with Gasteiger partial charge in [0.1, 0.15) is 0 Å². The van der Waals surface area contributed by atoms with Crippen LogP contribution in [-0.2, 0) is 18.3 Å². The molecule has 0 atom stereocenters. The summed E-state index contributed by atoms with van der Waals surface area (Å²) in [7, 11) is 0. The Bertz CT molecular complexity index is 1010. The maximum Gasteiger partial charge on any atom is 0.0469 e. The fourth-order valence-corrected chi connectivity index (χ4v) is 5.48. The molecule has 3 aliphatic rings. The molecule has 0 heterocycles. The van der Waals surface area contributed by atoms with Crippen LogP contribution in [-0.4, -0.2) is 0 Å².